The van der Waals surface area contributed by atoms with Crippen molar-refractivity contribution in [2.45, 2.75) is 13.5 Å². The molecule has 0 bridgehead atoms. The van der Waals surface area contributed by atoms with E-state index in [1.165, 1.54) is 16.7 Å². The van der Waals surface area contributed by atoms with Crippen molar-refractivity contribution in [1.29, 1.82) is 0 Å². The number of halogens is 2. The largest absolute Gasteiger partial charge is 0.477 e. The number of nitrogens with zero attached hydrogens (tertiary/aromatic N) is 1. The lowest BCUT2D eigenvalue weighted by molar-refractivity contribution is 0.0685. The van der Waals surface area contributed by atoms with Crippen LogP contribution in [0.2, 0.25) is 5.02 Å². The predicted molar refractivity (Wildman–Crippen MR) is 66.6 cm³/mol. The van der Waals surface area contributed by atoms with E-state index in [0.29, 0.717) is 5.56 Å². The first kappa shape index (κ1) is 12.6. The number of hydrogen-bond donors (Lipinski definition) is 1. The van der Waals surface area contributed by atoms with Crippen molar-refractivity contribution >= 4 is 17.6 Å². The molecule has 0 aliphatic rings. The van der Waals surface area contributed by atoms with Gasteiger partial charge in [0.1, 0.15) is 11.5 Å². The first-order chi connectivity index (χ1) is 8.50. The maximum Gasteiger partial charge on any atom is 0.352 e. The summed E-state index contributed by atoms with van der Waals surface area (Å²) in [6, 6.07) is 6.08. The zero-order valence-electron chi connectivity index (χ0n) is 9.65. The average Bonchev–Trinajstić information content (AvgIpc) is 2.65. The quantitative estimate of drug-likeness (QED) is 0.927. The molecular weight excluding hydrogens is 257 g/mol. The first-order valence-electron chi connectivity index (χ1n) is 5.32. The zero-order valence-corrected chi connectivity index (χ0v) is 10.4. The van der Waals surface area contributed by atoms with Gasteiger partial charge in [0.25, 0.3) is 0 Å². The Hall–Kier alpha value is -1.81. The fourth-order valence-corrected chi connectivity index (χ4v) is 2.08. The highest BCUT2D eigenvalue weighted by molar-refractivity contribution is 6.31. The number of carboxylic acids is 1. The number of carboxylic acid groups (broad SMARTS) is 1. The third-order valence-corrected chi connectivity index (χ3v) is 3.11. The third kappa shape index (κ3) is 2.24. The molecule has 0 amide bonds. The summed E-state index contributed by atoms with van der Waals surface area (Å²) >= 11 is 5.92. The first-order valence-corrected chi connectivity index (χ1v) is 5.70. The van der Waals surface area contributed by atoms with Gasteiger partial charge in [0.2, 0.25) is 0 Å². The minimum absolute atomic E-state index is 0.0982. The lowest BCUT2D eigenvalue weighted by atomic mass is 10.2. The molecule has 0 spiro atoms. The van der Waals surface area contributed by atoms with E-state index in [2.05, 4.69) is 0 Å². The molecular formula is C13H11ClFNO2. The molecule has 5 heteroatoms. The van der Waals surface area contributed by atoms with Crippen LogP contribution in [0.1, 0.15) is 21.6 Å². The molecule has 0 unspecified atom stereocenters. The maximum absolute atomic E-state index is 13.6. The number of aryl methyl sites for hydroxylation is 1. The Kier molecular flexibility index (Phi) is 3.39. The second kappa shape index (κ2) is 4.82. The van der Waals surface area contributed by atoms with Crippen LogP contribution in [-0.4, -0.2) is 15.6 Å². The van der Waals surface area contributed by atoms with Crippen LogP contribution in [0.25, 0.3) is 0 Å². The molecule has 0 fully saturated rings. The Bertz CT molecular complexity index is 587. The molecule has 3 nitrogen and oxygen atoms in total. The minimum atomic E-state index is -1.04. The van der Waals surface area contributed by atoms with E-state index in [0.717, 1.165) is 0 Å². The second-order valence-corrected chi connectivity index (χ2v) is 4.39. The van der Waals surface area contributed by atoms with Crippen LogP contribution in [0.15, 0.2) is 30.5 Å². The van der Waals surface area contributed by atoms with Gasteiger partial charge in [-0.25, -0.2) is 9.18 Å². The highest BCUT2D eigenvalue weighted by Gasteiger charge is 2.15. The summed E-state index contributed by atoms with van der Waals surface area (Å²) in [6.07, 6.45) is 1.61. The van der Waals surface area contributed by atoms with Gasteiger partial charge in [-0.15, -0.1) is 0 Å². The molecule has 18 heavy (non-hydrogen) atoms. The van der Waals surface area contributed by atoms with Crippen molar-refractivity contribution in [1.82, 2.24) is 4.57 Å². The van der Waals surface area contributed by atoms with E-state index in [1.807, 2.05) is 0 Å². The molecule has 1 aromatic carbocycles. The fraction of sp³-hybridized carbons (Fsp3) is 0.154. The van der Waals surface area contributed by atoms with Crippen molar-refractivity contribution in [3.63, 3.8) is 0 Å². The molecule has 0 aliphatic carbocycles. The molecule has 0 saturated carbocycles. The van der Waals surface area contributed by atoms with Crippen LogP contribution in [0.5, 0.6) is 0 Å². The highest BCUT2D eigenvalue weighted by atomic mass is 35.5. The summed E-state index contributed by atoms with van der Waals surface area (Å²) in [5.41, 5.74) is 1.07. The zero-order chi connectivity index (χ0) is 13.3. The summed E-state index contributed by atoms with van der Waals surface area (Å²) < 4.78 is 15.1. The summed E-state index contributed by atoms with van der Waals surface area (Å²) in [5.74, 6) is -1.48. The molecule has 2 rings (SSSR count). The summed E-state index contributed by atoms with van der Waals surface area (Å²) in [4.78, 5) is 11.1. The van der Waals surface area contributed by atoms with E-state index in [-0.39, 0.29) is 22.8 Å². The van der Waals surface area contributed by atoms with Gasteiger partial charge >= 0.3 is 5.97 Å². The second-order valence-electron chi connectivity index (χ2n) is 3.98. The van der Waals surface area contributed by atoms with Crippen molar-refractivity contribution < 1.29 is 14.3 Å². The smallest absolute Gasteiger partial charge is 0.352 e. The van der Waals surface area contributed by atoms with Crippen molar-refractivity contribution in [3.05, 3.63) is 58.1 Å². The number of carbonyl (C=O) groups is 1. The summed E-state index contributed by atoms with van der Waals surface area (Å²) in [6.45, 7) is 1.80. The van der Waals surface area contributed by atoms with Crippen LogP contribution >= 0.6 is 11.6 Å². The monoisotopic (exact) mass is 267 g/mol. The van der Waals surface area contributed by atoms with E-state index >= 15 is 0 Å². The van der Waals surface area contributed by atoms with Gasteiger partial charge in [0.05, 0.1) is 6.54 Å². The van der Waals surface area contributed by atoms with Crippen LogP contribution in [0.4, 0.5) is 4.39 Å². The standard InChI is InChI=1S/C13H11ClFNO2/c1-8-5-6-16(12(8)13(17)18)7-9-10(14)3-2-4-11(9)15/h2-6H,7H2,1H3,(H,17,18). The molecule has 94 valence electrons. The van der Waals surface area contributed by atoms with Crippen LogP contribution in [0, 0.1) is 12.7 Å². The van der Waals surface area contributed by atoms with Crippen LogP contribution in [-0.2, 0) is 6.54 Å². The number of rotatable bonds is 3. The molecule has 2 aromatic rings. The molecule has 0 aliphatic heterocycles. The highest BCUT2D eigenvalue weighted by Crippen LogP contribution is 2.21. The molecule has 1 N–H and O–H groups in total. The Morgan fingerprint density at radius 3 is 2.78 bits per heavy atom. The fourth-order valence-electron chi connectivity index (χ4n) is 1.86. The van der Waals surface area contributed by atoms with Crippen molar-refractivity contribution in [2.24, 2.45) is 0 Å². The molecule has 1 heterocycles. The predicted octanol–water partition coefficient (Wildman–Crippen LogP) is 3.34. The normalized spacial score (nSPS) is 10.6. The lowest BCUT2D eigenvalue weighted by Gasteiger charge is -2.09. The number of aromatic carboxylic acids is 1. The third-order valence-electron chi connectivity index (χ3n) is 2.76. The maximum atomic E-state index is 13.6. The van der Waals surface area contributed by atoms with E-state index < -0.39 is 11.8 Å². The summed E-state index contributed by atoms with van der Waals surface area (Å²) in [5, 5.41) is 9.39. The van der Waals surface area contributed by atoms with Gasteiger partial charge < -0.3 is 9.67 Å². The van der Waals surface area contributed by atoms with Crippen LogP contribution in [0.3, 0.4) is 0 Å². The van der Waals surface area contributed by atoms with E-state index in [9.17, 15) is 9.18 Å². The Morgan fingerprint density at radius 2 is 2.17 bits per heavy atom. The van der Waals surface area contributed by atoms with Gasteiger partial charge in [-0.1, -0.05) is 17.7 Å². The van der Waals surface area contributed by atoms with Gasteiger partial charge in [-0.2, -0.15) is 0 Å². The molecule has 1 aromatic heterocycles. The Labute approximate surface area is 108 Å². The summed E-state index contributed by atoms with van der Waals surface area (Å²) in [7, 11) is 0. The molecule has 0 atom stereocenters. The van der Waals surface area contributed by atoms with Gasteiger partial charge in [-0.3, -0.25) is 0 Å². The molecule has 0 saturated heterocycles. The van der Waals surface area contributed by atoms with E-state index in [1.54, 1.807) is 25.3 Å². The SMILES string of the molecule is Cc1ccn(Cc2c(F)cccc2Cl)c1C(=O)O. The molecule has 0 radical (unpaired) electrons. The van der Waals surface area contributed by atoms with Crippen molar-refractivity contribution in [3.8, 4) is 0 Å². The van der Waals surface area contributed by atoms with Gasteiger partial charge in [0.15, 0.2) is 0 Å². The number of aromatic nitrogens is 1. The van der Waals surface area contributed by atoms with E-state index in [4.69, 9.17) is 16.7 Å². The Balaban J connectivity index is 2.44. The average molecular weight is 268 g/mol. The lowest BCUT2D eigenvalue weighted by Crippen LogP contribution is -2.11. The number of hydrogen-bond acceptors (Lipinski definition) is 1. The minimum Gasteiger partial charge on any atom is -0.477 e. The van der Waals surface area contributed by atoms with Crippen molar-refractivity contribution in [2.75, 3.05) is 0 Å². The number of benzene rings is 1. The topological polar surface area (TPSA) is 42.2 Å². The Morgan fingerprint density at radius 1 is 1.44 bits per heavy atom. The van der Waals surface area contributed by atoms with Gasteiger partial charge in [-0.05, 0) is 30.7 Å². The van der Waals surface area contributed by atoms with Crippen LogP contribution < -0.4 is 0 Å². The van der Waals surface area contributed by atoms with Gasteiger partial charge in [0, 0.05) is 16.8 Å².